The molecule has 0 atom stereocenters. The van der Waals surface area contributed by atoms with Crippen molar-refractivity contribution in [1.82, 2.24) is 20.2 Å². The Morgan fingerprint density at radius 1 is 1.20 bits per heavy atom. The number of H-pyrrole nitrogens is 2. The minimum absolute atomic E-state index is 0.0423. The number of hydrogen-bond acceptors (Lipinski definition) is 7. The molecule has 0 amide bonds. The standard InChI is InChI=1S/C15H11ClN4O4S/c1-7-10(12(21)18-14(23)17-7)6-11-19-20-15(24-11)25-13(22)8-2-4-9(16)5-3-8/h2-5H,6H2,1H3,(H2,17,18,21,23). The summed E-state index contributed by atoms with van der Waals surface area (Å²) in [6.45, 7) is 1.60. The van der Waals surface area contributed by atoms with Gasteiger partial charge in [0, 0.05) is 33.6 Å². The number of nitrogens with zero attached hydrogens (tertiary/aromatic N) is 2. The van der Waals surface area contributed by atoms with Crippen molar-refractivity contribution >= 4 is 28.5 Å². The summed E-state index contributed by atoms with van der Waals surface area (Å²) in [7, 11) is 0. The topological polar surface area (TPSA) is 122 Å². The van der Waals surface area contributed by atoms with Gasteiger partial charge in [0.05, 0.1) is 6.42 Å². The fourth-order valence-electron chi connectivity index (χ4n) is 2.07. The minimum atomic E-state index is -0.582. The highest BCUT2D eigenvalue weighted by Crippen LogP contribution is 2.23. The number of carbonyl (C=O) groups excluding carboxylic acids is 1. The molecule has 1 aromatic carbocycles. The molecule has 0 radical (unpaired) electrons. The van der Waals surface area contributed by atoms with Crippen LogP contribution in [0.1, 0.15) is 27.5 Å². The lowest BCUT2D eigenvalue weighted by atomic mass is 10.2. The lowest BCUT2D eigenvalue weighted by Crippen LogP contribution is -2.27. The zero-order valence-electron chi connectivity index (χ0n) is 12.8. The molecule has 128 valence electrons. The molecule has 2 heterocycles. The Kier molecular flexibility index (Phi) is 4.86. The third kappa shape index (κ3) is 4.06. The molecule has 3 rings (SSSR count). The lowest BCUT2D eigenvalue weighted by Gasteiger charge is -2.00. The van der Waals surface area contributed by atoms with Crippen LogP contribution < -0.4 is 11.2 Å². The maximum atomic E-state index is 12.1. The number of aromatic nitrogens is 4. The van der Waals surface area contributed by atoms with Gasteiger partial charge in [-0.3, -0.25) is 14.6 Å². The predicted molar refractivity (Wildman–Crippen MR) is 91.2 cm³/mol. The van der Waals surface area contributed by atoms with Crippen molar-refractivity contribution in [3.63, 3.8) is 0 Å². The second-order valence-electron chi connectivity index (χ2n) is 5.05. The van der Waals surface area contributed by atoms with Gasteiger partial charge in [0.1, 0.15) is 0 Å². The van der Waals surface area contributed by atoms with Crippen LogP contribution in [0.25, 0.3) is 0 Å². The largest absolute Gasteiger partial charge is 0.415 e. The molecule has 0 bridgehead atoms. The van der Waals surface area contributed by atoms with Crippen LogP contribution in [0.2, 0.25) is 5.02 Å². The highest BCUT2D eigenvalue weighted by atomic mass is 35.5. The molecule has 0 saturated carbocycles. The van der Waals surface area contributed by atoms with Gasteiger partial charge in [-0.25, -0.2) is 4.79 Å². The Balaban J connectivity index is 1.75. The van der Waals surface area contributed by atoms with E-state index in [2.05, 4.69) is 20.2 Å². The maximum absolute atomic E-state index is 12.1. The lowest BCUT2D eigenvalue weighted by molar-refractivity contribution is 0.108. The van der Waals surface area contributed by atoms with Crippen molar-refractivity contribution in [2.75, 3.05) is 0 Å². The number of halogens is 1. The first-order valence-corrected chi connectivity index (χ1v) is 8.24. The molecule has 0 fully saturated rings. The summed E-state index contributed by atoms with van der Waals surface area (Å²) in [6.07, 6.45) is 0.0423. The quantitative estimate of drug-likeness (QED) is 0.665. The van der Waals surface area contributed by atoms with Gasteiger partial charge in [0.25, 0.3) is 10.8 Å². The molecular weight excluding hydrogens is 368 g/mol. The molecule has 0 unspecified atom stereocenters. The van der Waals surface area contributed by atoms with Crippen molar-refractivity contribution in [1.29, 1.82) is 0 Å². The van der Waals surface area contributed by atoms with Crippen LogP contribution in [-0.2, 0) is 6.42 Å². The highest BCUT2D eigenvalue weighted by molar-refractivity contribution is 8.14. The number of benzene rings is 1. The Hall–Kier alpha value is -2.65. The summed E-state index contributed by atoms with van der Waals surface area (Å²) in [5, 5.41) is 7.93. The maximum Gasteiger partial charge on any atom is 0.325 e. The van der Waals surface area contributed by atoms with Crippen LogP contribution in [0.4, 0.5) is 0 Å². The van der Waals surface area contributed by atoms with E-state index in [-0.39, 0.29) is 22.6 Å². The molecule has 25 heavy (non-hydrogen) atoms. The highest BCUT2D eigenvalue weighted by Gasteiger charge is 2.16. The minimum Gasteiger partial charge on any atom is -0.415 e. The second kappa shape index (κ2) is 7.08. The monoisotopic (exact) mass is 378 g/mol. The molecule has 8 nitrogen and oxygen atoms in total. The van der Waals surface area contributed by atoms with E-state index in [9.17, 15) is 14.4 Å². The van der Waals surface area contributed by atoms with Gasteiger partial charge in [-0.1, -0.05) is 11.6 Å². The molecule has 0 aliphatic carbocycles. The van der Waals surface area contributed by atoms with Crippen molar-refractivity contribution in [3.05, 3.63) is 72.8 Å². The number of hydrogen-bond donors (Lipinski definition) is 2. The average Bonchev–Trinajstić information content (AvgIpc) is 2.98. The summed E-state index contributed by atoms with van der Waals surface area (Å²) >= 11 is 6.56. The van der Waals surface area contributed by atoms with E-state index < -0.39 is 11.2 Å². The van der Waals surface area contributed by atoms with Crippen LogP contribution in [0, 0.1) is 6.92 Å². The fourth-order valence-corrected chi connectivity index (χ4v) is 2.82. The van der Waals surface area contributed by atoms with Crippen LogP contribution in [0.3, 0.4) is 0 Å². The second-order valence-corrected chi connectivity index (χ2v) is 6.41. The summed E-state index contributed by atoms with van der Waals surface area (Å²) < 4.78 is 5.39. The van der Waals surface area contributed by atoms with Gasteiger partial charge >= 0.3 is 5.69 Å². The molecule has 0 saturated heterocycles. The summed E-state index contributed by atoms with van der Waals surface area (Å²) in [5.41, 5.74) is 0.0665. The molecule has 0 spiro atoms. The van der Waals surface area contributed by atoms with Crippen molar-refractivity contribution in [2.45, 2.75) is 18.6 Å². The molecule has 0 aliphatic rings. The van der Waals surface area contributed by atoms with Crippen molar-refractivity contribution < 1.29 is 9.21 Å². The third-order valence-corrected chi connectivity index (χ3v) is 4.30. The van der Waals surface area contributed by atoms with E-state index in [1.807, 2.05) is 0 Å². The number of aromatic amines is 2. The van der Waals surface area contributed by atoms with Gasteiger partial charge < -0.3 is 9.40 Å². The molecule has 2 aromatic heterocycles. The van der Waals surface area contributed by atoms with E-state index in [1.54, 1.807) is 31.2 Å². The molecular formula is C15H11ClN4O4S. The van der Waals surface area contributed by atoms with Crippen LogP contribution in [0.5, 0.6) is 0 Å². The van der Waals surface area contributed by atoms with Gasteiger partial charge in [-0.05, 0) is 31.2 Å². The first-order valence-electron chi connectivity index (χ1n) is 7.04. The summed E-state index contributed by atoms with van der Waals surface area (Å²) in [5.74, 6) is 0.159. The van der Waals surface area contributed by atoms with E-state index in [0.29, 0.717) is 21.8 Å². The predicted octanol–water partition coefficient (Wildman–Crippen LogP) is 1.93. The van der Waals surface area contributed by atoms with Crippen molar-refractivity contribution in [3.8, 4) is 0 Å². The number of thioether (sulfide) groups is 1. The molecule has 0 aliphatic heterocycles. The first kappa shape index (κ1) is 17.2. The Labute approximate surface area is 149 Å². The first-order chi connectivity index (χ1) is 11.9. The van der Waals surface area contributed by atoms with E-state index in [4.69, 9.17) is 16.0 Å². The number of rotatable bonds is 4. The van der Waals surface area contributed by atoms with Gasteiger partial charge in [-0.15, -0.1) is 10.2 Å². The van der Waals surface area contributed by atoms with Crippen LogP contribution in [0.15, 0.2) is 43.5 Å². The molecule has 2 N–H and O–H groups in total. The van der Waals surface area contributed by atoms with Gasteiger partial charge in [0.15, 0.2) is 0 Å². The van der Waals surface area contributed by atoms with E-state index in [1.165, 1.54) is 0 Å². The summed E-state index contributed by atoms with van der Waals surface area (Å²) in [4.78, 5) is 39.8. The SMILES string of the molecule is Cc1[nH]c(=O)[nH]c(=O)c1Cc1nnc(SC(=O)c2ccc(Cl)cc2)o1. The zero-order chi connectivity index (χ0) is 18.0. The van der Waals surface area contributed by atoms with Crippen LogP contribution >= 0.6 is 23.4 Å². The number of nitrogens with one attached hydrogen (secondary N) is 2. The van der Waals surface area contributed by atoms with E-state index in [0.717, 1.165) is 11.8 Å². The van der Waals surface area contributed by atoms with Gasteiger partial charge in [0.2, 0.25) is 11.0 Å². The number of aryl methyl sites for hydroxylation is 1. The smallest absolute Gasteiger partial charge is 0.325 e. The van der Waals surface area contributed by atoms with E-state index >= 15 is 0 Å². The average molecular weight is 379 g/mol. The Morgan fingerprint density at radius 3 is 2.60 bits per heavy atom. The zero-order valence-corrected chi connectivity index (χ0v) is 14.4. The molecule has 3 aromatic rings. The number of carbonyl (C=O) groups is 1. The molecule has 10 heteroatoms. The van der Waals surface area contributed by atoms with Crippen molar-refractivity contribution in [2.24, 2.45) is 0 Å². The summed E-state index contributed by atoms with van der Waals surface area (Å²) in [6, 6.07) is 6.41. The Bertz CT molecular complexity index is 1040. The Morgan fingerprint density at radius 2 is 1.92 bits per heavy atom. The fraction of sp³-hybridized carbons (Fsp3) is 0.133. The normalized spacial score (nSPS) is 10.8. The third-order valence-electron chi connectivity index (χ3n) is 3.29. The van der Waals surface area contributed by atoms with Crippen LogP contribution in [-0.4, -0.2) is 25.3 Å². The van der Waals surface area contributed by atoms with Gasteiger partial charge in [-0.2, -0.15) is 0 Å².